The summed E-state index contributed by atoms with van der Waals surface area (Å²) in [6.07, 6.45) is 0. The zero-order valence-corrected chi connectivity index (χ0v) is 14.6. The van der Waals surface area contributed by atoms with E-state index in [2.05, 4.69) is 29.6 Å². The van der Waals surface area contributed by atoms with Crippen molar-refractivity contribution in [2.75, 3.05) is 12.4 Å². The van der Waals surface area contributed by atoms with Crippen LogP contribution in [0, 0.1) is 6.92 Å². The van der Waals surface area contributed by atoms with E-state index in [1.807, 2.05) is 37.3 Å². The Kier molecular flexibility index (Phi) is 4.01. The lowest BCUT2D eigenvalue weighted by Gasteiger charge is -2.13. The van der Waals surface area contributed by atoms with Crippen molar-refractivity contribution in [3.05, 3.63) is 78.0 Å². The van der Waals surface area contributed by atoms with E-state index in [0.717, 1.165) is 33.4 Å². The van der Waals surface area contributed by atoms with E-state index in [9.17, 15) is 4.79 Å². The fourth-order valence-corrected chi connectivity index (χ4v) is 3.15. The van der Waals surface area contributed by atoms with Gasteiger partial charge in [0.25, 0.3) is 0 Å². The Morgan fingerprint density at radius 3 is 2.50 bits per heavy atom. The predicted octanol–water partition coefficient (Wildman–Crippen LogP) is 5.23. The maximum Gasteiger partial charge on any atom is 0.337 e. The van der Waals surface area contributed by atoms with Crippen LogP contribution in [-0.4, -0.2) is 18.1 Å². The van der Waals surface area contributed by atoms with Gasteiger partial charge in [-0.2, -0.15) is 0 Å². The van der Waals surface area contributed by atoms with Crippen LogP contribution in [0.4, 0.5) is 11.4 Å². The zero-order valence-electron chi connectivity index (χ0n) is 14.6. The van der Waals surface area contributed by atoms with Gasteiger partial charge in [0.2, 0.25) is 0 Å². The highest BCUT2D eigenvalue weighted by Crippen LogP contribution is 2.31. The van der Waals surface area contributed by atoms with E-state index in [0.29, 0.717) is 5.56 Å². The Bertz CT molecular complexity index is 1120. The van der Waals surface area contributed by atoms with Crippen LogP contribution in [0.15, 0.2) is 66.7 Å². The fraction of sp³-hybridized carbons (Fsp3) is 0.0909. The summed E-state index contributed by atoms with van der Waals surface area (Å²) in [5.41, 5.74) is 4.35. The molecule has 0 aliphatic carbocycles. The molecule has 0 unspecified atom stereocenters. The molecular formula is C22H18N2O2. The smallest absolute Gasteiger partial charge is 0.337 e. The average Bonchev–Trinajstić information content (AvgIpc) is 2.67. The number of esters is 1. The molecule has 1 heterocycles. The van der Waals surface area contributed by atoms with E-state index < -0.39 is 0 Å². The number of hydrogen-bond acceptors (Lipinski definition) is 4. The fourth-order valence-electron chi connectivity index (χ4n) is 3.15. The Labute approximate surface area is 151 Å². The number of anilines is 2. The third-order valence-electron chi connectivity index (χ3n) is 4.42. The van der Waals surface area contributed by atoms with Gasteiger partial charge < -0.3 is 10.1 Å². The summed E-state index contributed by atoms with van der Waals surface area (Å²) in [4.78, 5) is 16.3. The topological polar surface area (TPSA) is 51.2 Å². The van der Waals surface area contributed by atoms with Crippen molar-refractivity contribution in [1.82, 2.24) is 4.98 Å². The number of ether oxygens (including phenoxy) is 1. The number of nitrogens with one attached hydrogen (secondary N) is 1. The normalized spacial score (nSPS) is 10.8. The van der Waals surface area contributed by atoms with E-state index >= 15 is 0 Å². The minimum Gasteiger partial charge on any atom is -0.465 e. The molecule has 0 fully saturated rings. The van der Waals surface area contributed by atoms with Crippen molar-refractivity contribution in [2.45, 2.75) is 6.92 Å². The molecule has 1 N–H and O–H groups in total. The van der Waals surface area contributed by atoms with Crippen LogP contribution in [-0.2, 0) is 4.74 Å². The summed E-state index contributed by atoms with van der Waals surface area (Å²) >= 11 is 0. The number of nitrogens with zero attached hydrogens (tertiary/aromatic N) is 1. The maximum atomic E-state index is 11.6. The first-order valence-corrected chi connectivity index (χ1v) is 8.40. The SMILES string of the molecule is COC(=O)c1ccc(Nc2cc(C)nc3c2ccc2ccccc23)cc1. The number of methoxy groups -OCH3 is 1. The van der Waals surface area contributed by atoms with Gasteiger partial charge in [-0.25, -0.2) is 4.79 Å². The molecule has 4 heteroatoms. The van der Waals surface area contributed by atoms with Crippen molar-refractivity contribution in [2.24, 2.45) is 0 Å². The summed E-state index contributed by atoms with van der Waals surface area (Å²) in [5, 5.41) is 6.82. The third kappa shape index (κ3) is 2.86. The van der Waals surface area contributed by atoms with Crippen LogP contribution in [0.3, 0.4) is 0 Å². The van der Waals surface area contributed by atoms with Gasteiger partial charge in [-0.3, -0.25) is 4.98 Å². The standard InChI is InChI=1S/C22H18N2O2/c1-14-13-20(24-17-10-7-16(8-11-17)22(25)26-2)19-12-9-15-5-3-4-6-18(15)21(19)23-14/h3-13H,1-2H3,(H,23,24). The lowest BCUT2D eigenvalue weighted by molar-refractivity contribution is 0.0601. The Hall–Kier alpha value is -3.40. The van der Waals surface area contributed by atoms with Crippen LogP contribution in [0.25, 0.3) is 21.7 Å². The molecule has 0 aliphatic rings. The van der Waals surface area contributed by atoms with Crippen LogP contribution in [0.2, 0.25) is 0 Å². The second-order valence-electron chi connectivity index (χ2n) is 6.19. The van der Waals surface area contributed by atoms with E-state index in [1.165, 1.54) is 12.5 Å². The van der Waals surface area contributed by atoms with Crippen LogP contribution < -0.4 is 5.32 Å². The molecule has 26 heavy (non-hydrogen) atoms. The number of carbonyl (C=O) groups is 1. The van der Waals surface area contributed by atoms with Crippen LogP contribution in [0.1, 0.15) is 16.1 Å². The van der Waals surface area contributed by atoms with Crippen LogP contribution in [0.5, 0.6) is 0 Å². The maximum absolute atomic E-state index is 11.6. The van der Waals surface area contributed by atoms with E-state index in [-0.39, 0.29) is 5.97 Å². The molecule has 1 aromatic heterocycles. The van der Waals surface area contributed by atoms with Gasteiger partial charge in [-0.05, 0) is 42.6 Å². The van der Waals surface area contributed by atoms with Gasteiger partial charge >= 0.3 is 5.97 Å². The predicted molar refractivity (Wildman–Crippen MR) is 105 cm³/mol. The summed E-state index contributed by atoms with van der Waals surface area (Å²) in [6, 6.07) is 21.7. The molecular weight excluding hydrogens is 324 g/mol. The summed E-state index contributed by atoms with van der Waals surface area (Å²) in [5.74, 6) is -0.340. The molecule has 0 bridgehead atoms. The van der Waals surface area contributed by atoms with Gasteiger partial charge in [0.15, 0.2) is 0 Å². The van der Waals surface area contributed by atoms with Crippen LogP contribution >= 0.6 is 0 Å². The number of aromatic nitrogens is 1. The molecule has 0 aliphatic heterocycles. The summed E-state index contributed by atoms with van der Waals surface area (Å²) in [7, 11) is 1.38. The highest BCUT2D eigenvalue weighted by atomic mass is 16.5. The van der Waals surface area contributed by atoms with Crippen molar-refractivity contribution in [3.8, 4) is 0 Å². The molecule has 0 spiro atoms. The van der Waals surface area contributed by atoms with Gasteiger partial charge in [-0.15, -0.1) is 0 Å². The molecule has 4 nitrogen and oxygen atoms in total. The number of carbonyl (C=O) groups excluding carboxylic acids is 1. The minimum atomic E-state index is -0.340. The third-order valence-corrected chi connectivity index (χ3v) is 4.42. The number of pyridine rings is 1. The molecule has 0 saturated carbocycles. The van der Waals surface area contributed by atoms with Gasteiger partial charge in [0.05, 0.1) is 18.2 Å². The van der Waals surface area contributed by atoms with Gasteiger partial charge in [0, 0.05) is 27.8 Å². The lowest BCUT2D eigenvalue weighted by atomic mass is 10.0. The monoisotopic (exact) mass is 342 g/mol. The van der Waals surface area contributed by atoms with Crippen molar-refractivity contribution >= 4 is 39.0 Å². The quantitative estimate of drug-likeness (QED) is 0.409. The largest absolute Gasteiger partial charge is 0.465 e. The van der Waals surface area contributed by atoms with Gasteiger partial charge in [0.1, 0.15) is 0 Å². The Morgan fingerprint density at radius 1 is 0.962 bits per heavy atom. The highest BCUT2D eigenvalue weighted by molar-refractivity contribution is 6.09. The first kappa shape index (κ1) is 16.1. The highest BCUT2D eigenvalue weighted by Gasteiger charge is 2.09. The molecule has 0 atom stereocenters. The number of hydrogen-bond donors (Lipinski definition) is 1. The Morgan fingerprint density at radius 2 is 1.73 bits per heavy atom. The summed E-state index contributed by atoms with van der Waals surface area (Å²) in [6.45, 7) is 1.99. The molecule has 4 rings (SSSR count). The van der Waals surface area contributed by atoms with E-state index in [1.54, 1.807) is 12.1 Å². The number of benzene rings is 3. The van der Waals surface area contributed by atoms with Gasteiger partial charge in [-0.1, -0.05) is 36.4 Å². The lowest BCUT2D eigenvalue weighted by Crippen LogP contribution is -2.01. The second kappa shape index (κ2) is 6.48. The second-order valence-corrected chi connectivity index (χ2v) is 6.19. The first-order chi connectivity index (χ1) is 12.7. The minimum absolute atomic E-state index is 0.340. The molecule has 128 valence electrons. The van der Waals surface area contributed by atoms with Crippen molar-refractivity contribution < 1.29 is 9.53 Å². The number of aryl methyl sites for hydroxylation is 1. The van der Waals surface area contributed by atoms with Crippen molar-refractivity contribution in [1.29, 1.82) is 0 Å². The number of rotatable bonds is 3. The molecule has 0 amide bonds. The van der Waals surface area contributed by atoms with E-state index in [4.69, 9.17) is 9.72 Å². The van der Waals surface area contributed by atoms with Crippen molar-refractivity contribution in [3.63, 3.8) is 0 Å². The number of fused-ring (bicyclic) bond motifs is 3. The summed E-state index contributed by atoms with van der Waals surface area (Å²) < 4.78 is 4.74. The molecule has 0 radical (unpaired) electrons. The first-order valence-electron chi connectivity index (χ1n) is 8.40. The molecule has 0 saturated heterocycles. The average molecular weight is 342 g/mol. The molecule has 3 aromatic carbocycles. The Balaban J connectivity index is 1.79. The zero-order chi connectivity index (χ0) is 18.1. The molecule has 4 aromatic rings.